The number of anilines is 1. The standard InChI is InChI=1S/C22H17F4NO/c1-28-15-6-7-16-13(11-15)9-10-27(20-4-2-3-18(24)21(20)26)22(16)14-5-8-17(23)19(25)12-14/h2-8,11-12,22H,9-10H2,1H3/t22-/m1/s1. The first-order valence-electron chi connectivity index (χ1n) is 8.82. The van der Waals surface area contributed by atoms with E-state index in [1.165, 1.54) is 18.2 Å². The summed E-state index contributed by atoms with van der Waals surface area (Å²) in [6, 6.07) is 12.4. The SMILES string of the molecule is COc1ccc2c(c1)CCN(c1cccc(F)c1F)[C@@H]2c1ccc(F)c(F)c1. The van der Waals surface area contributed by atoms with Gasteiger partial charge in [-0.2, -0.15) is 0 Å². The van der Waals surface area contributed by atoms with Crippen LogP contribution in [-0.4, -0.2) is 13.7 Å². The third-order valence-electron chi connectivity index (χ3n) is 5.08. The van der Waals surface area contributed by atoms with Gasteiger partial charge in [0.1, 0.15) is 5.75 Å². The van der Waals surface area contributed by atoms with Crippen molar-refractivity contribution in [3.05, 3.63) is 94.6 Å². The van der Waals surface area contributed by atoms with Crippen molar-refractivity contribution < 1.29 is 22.3 Å². The minimum Gasteiger partial charge on any atom is -0.497 e. The van der Waals surface area contributed by atoms with Gasteiger partial charge in [0, 0.05) is 6.54 Å². The van der Waals surface area contributed by atoms with E-state index in [0.717, 1.165) is 29.3 Å². The maximum absolute atomic E-state index is 14.5. The quantitative estimate of drug-likeness (QED) is 0.558. The highest BCUT2D eigenvalue weighted by atomic mass is 19.2. The van der Waals surface area contributed by atoms with Crippen molar-refractivity contribution in [2.75, 3.05) is 18.6 Å². The molecular formula is C22H17F4NO. The van der Waals surface area contributed by atoms with Crippen LogP contribution in [0.15, 0.2) is 54.6 Å². The zero-order valence-corrected chi connectivity index (χ0v) is 15.1. The normalized spacial score (nSPS) is 16.0. The highest BCUT2D eigenvalue weighted by Gasteiger charge is 2.32. The second-order valence-electron chi connectivity index (χ2n) is 6.66. The molecule has 3 aromatic carbocycles. The van der Waals surface area contributed by atoms with Gasteiger partial charge in [-0.25, -0.2) is 17.6 Å². The zero-order valence-electron chi connectivity index (χ0n) is 15.1. The molecule has 1 aliphatic rings. The molecule has 2 nitrogen and oxygen atoms in total. The lowest BCUT2D eigenvalue weighted by molar-refractivity contribution is 0.413. The molecule has 6 heteroatoms. The first-order chi connectivity index (χ1) is 13.5. The summed E-state index contributed by atoms with van der Waals surface area (Å²) in [5, 5.41) is 0. The Labute approximate surface area is 160 Å². The first kappa shape index (κ1) is 18.3. The Morgan fingerprint density at radius 1 is 0.893 bits per heavy atom. The molecule has 0 aromatic heterocycles. The van der Waals surface area contributed by atoms with Crippen LogP contribution in [0.25, 0.3) is 0 Å². The summed E-state index contributed by atoms with van der Waals surface area (Å²) in [6.07, 6.45) is 0.572. The zero-order chi connectivity index (χ0) is 19.8. The van der Waals surface area contributed by atoms with Gasteiger partial charge in [0.15, 0.2) is 23.3 Å². The first-order valence-corrected chi connectivity index (χ1v) is 8.82. The molecule has 1 heterocycles. The molecule has 4 rings (SSSR count). The van der Waals surface area contributed by atoms with Crippen LogP contribution in [0.1, 0.15) is 22.7 Å². The summed E-state index contributed by atoms with van der Waals surface area (Å²) in [5.41, 5.74) is 2.30. The molecule has 0 saturated carbocycles. The molecule has 1 aliphatic heterocycles. The molecule has 0 saturated heterocycles. The monoisotopic (exact) mass is 387 g/mol. The molecule has 28 heavy (non-hydrogen) atoms. The van der Waals surface area contributed by atoms with Crippen LogP contribution in [0, 0.1) is 23.3 Å². The van der Waals surface area contributed by atoms with Crippen LogP contribution in [0.2, 0.25) is 0 Å². The van der Waals surface area contributed by atoms with Gasteiger partial charge in [-0.05, 0) is 59.5 Å². The number of ether oxygens (including phenoxy) is 1. The van der Waals surface area contributed by atoms with Crippen molar-refractivity contribution in [3.63, 3.8) is 0 Å². The van der Waals surface area contributed by atoms with E-state index in [0.29, 0.717) is 24.3 Å². The van der Waals surface area contributed by atoms with Crippen molar-refractivity contribution >= 4 is 5.69 Å². The second kappa shape index (κ2) is 7.19. The third kappa shape index (κ3) is 3.09. The average molecular weight is 387 g/mol. The summed E-state index contributed by atoms with van der Waals surface area (Å²) in [7, 11) is 1.56. The summed E-state index contributed by atoms with van der Waals surface area (Å²) in [6.45, 7) is 0.379. The van der Waals surface area contributed by atoms with E-state index in [9.17, 15) is 17.6 Å². The number of benzene rings is 3. The van der Waals surface area contributed by atoms with Gasteiger partial charge in [0.25, 0.3) is 0 Å². The summed E-state index contributed by atoms with van der Waals surface area (Å²) in [5.74, 6) is -3.20. The maximum Gasteiger partial charge on any atom is 0.182 e. The predicted octanol–water partition coefficient (Wildman–Crippen LogP) is 5.40. The Hall–Kier alpha value is -3.02. The summed E-state index contributed by atoms with van der Waals surface area (Å²) in [4.78, 5) is 1.68. The van der Waals surface area contributed by atoms with E-state index in [2.05, 4.69) is 0 Å². The molecule has 0 N–H and O–H groups in total. The van der Waals surface area contributed by atoms with Crippen LogP contribution in [0.4, 0.5) is 23.2 Å². The highest BCUT2D eigenvalue weighted by Crippen LogP contribution is 2.40. The number of hydrogen-bond donors (Lipinski definition) is 0. The van der Waals surface area contributed by atoms with Crippen molar-refractivity contribution in [2.24, 2.45) is 0 Å². The van der Waals surface area contributed by atoms with Crippen LogP contribution in [0.3, 0.4) is 0 Å². The van der Waals surface area contributed by atoms with E-state index in [4.69, 9.17) is 4.74 Å². The van der Waals surface area contributed by atoms with E-state index in [1.54, 1.807) is 18.1 Å². The fourth-order valence-electron chi connectivity index (χ4n) is 3.75. The molecule has 0 spiro atoms. The molecular weight excluding hydrogens is 370 g/mol. The van der Waals surface area contributed by atoms with Crippen molar-refractivity contribution in [1.29, 1.82) is 0 Å². The van der Waals surface area contributed by atoms with E-state index in [-0.39, 0.29) is 5.69 Å². The van der Waals surface area contributed by atoms with Gasteiger partial charge in [-0.1, -0.05) is 18.2 Å². The number of hydrogen-bond acceptors (Lipinski definition) is 2. The average Bonchev–Trinajstić information content (AvgIpc) is 2.71. The molecule has 0 bridgehead atoms. The van der Waals surface area contributed by atoms with Gasteiger partial charge in [-0.3, -0.25) is 0 Å². The fraction of sp³-hybridized carbons (Fsp3) is 0.182. The molecule has 0 aliphatic carbocycles. The Morgan fingerprint density at radius 3 is 2.46 bits per heavy atom. The van der Waals surface area contributed by atoms with Crippen LogP contribution in [-0.2, 0) is 6.42 Å². The van der Waals surface area contributed by atoms with Crippen LogP contribution >= 0.6 is 0 Å². The van der Waals surface area contributed by atoms with Crippen LogP contribution < -0.4 is 9.64 Å². The summed E-state index contributed by atoms with van der Waals surface area (Å²) < 4.78 is 61.1. The lowest BCUT2D eigenvalue weighted by atomic mass is 9.87. The van der Waals surface area contributed by atoms with Crippen molar-refractivity contribution in [2.45, 2.75) is 12.5 Å². The Kier molecular flexibility index (Phi) is 4.71. The Morgan fingerprint density at radius 2 is 1.71 bits per heavy atom. The molecule has 0 amide bonds. The van der Waals surface area contributed by atoms with E-state index < -0.39 is 29.3 Å². The van der Waals surface area contributed by atoms with Crippen molar-refractivity contribution in [1.82, 2.24) is 0 Å². The molecule has 0 fully saturated rings. The molecule has 0 radical (unpaired) electrons. The van der Waals surface area contributed by atoms with Gasteiger partial charge < -0.3 is 9.64 Å². The summed E-state index contributed by atoms with van der Waals surface area (Å²) >= 11 is 0. The Balaban J connectivity index is 1.90. The number of methoxy groups -OCH3 is 1. The maximum atomic E-state index is 14.5. The Bertz CT molecular complexity index is 1040. The topological polar surface area (TPSA) is 12.5 Å². The van der Waals surface area contributed by atoms with Crippen LogP contribution in [0.5, 0.6) is 5.75 Å². The minimum absolute atomic E-state index is 0.0798. The highest BCUT2D eigenvalue weighted by molar-refractivity contribution is 5.57. The smallest absolute Gasteiger partial charge is 0.182 e. The lowest BCUT2D eigenvalue weighted by Gasteiger charge is -2.39. The molecule has 3 aromatic rings. The number of rotatable bonds is 3. The van der Waals surface area contributed by atoms with Gasteiger partial charge >= 0.3 is 0 Å². The fourth-order valence-corrected chi connectivity index (χ4v) is 3.75. The minimum atomic E-state index is -0.988. The van der Waals surface area contributed by atoms with Gasteiger partial charge in [-0.15, -0.1) is 0 Å². The molecule has 0 unspecified atom stereocenters. The van der Waals surface area contributed by atoms with Crippen molar-refractivity contribution in [3.8, 4) is 5.75 Å². The predicted molar refractivity (Wildman–Crippen MR) is 98.6 cm³/mol. The van der Waals surface area contributed by atoms with E-state index >= 15 is 0 Å². The van der Waals surface area contributed by atoms with Gasteiger partial charge in [0.2, 0.25) is 0 Å². The number of halogens is 4. The van der Waals surface area contributed by atoms with Gasteiger partial charge in [0.05, 0.1) is 18.8 Å². The second-order valence-corrected chi connectivity index (χ2v) is 6.66. The number of nitrogens with zero attached hydrogens (tertiary/aromatic N) is 1. The molecule has 144 valence electrons. The third-order valence-corrected chi connectivity index (χ3v) is 5.08. The molecule has 1 atom stereocenters. The van der Waals surface area contributed by atoms with E-state index in [1.807, 2.05) is 12.1 Å². The number of fused-ring (bicyclic) bond motifs is 1. The largest absolute Gasteiger partial charge is 0.497 e. The lowest BCUT2D eigenvalue weighted by Crippen LogP contribution is -2.37.